The Kier molecular flexibility index (Phi) is 4.37. The lowest BCUT2D eigenvalue weighted by molar-refractivity contribution is -0.143. The van der Waals surface area contributed by atoms with Gasteiger partial charge in [-0.15, -0.1) is 0 Å². The summed E-state index contributed by atoms with van der Waals surface area (Å²) in [5.74, 6) is -4.41. The Morgan fingerprint density at radius 3 is 2.45 bits per heavy atom. The van der Waals surface area contributed by atoms with Crippen LogP contribution in [-0.2, 0) is 4.79 Å². The number of rotatable bonds is 2. The van der Waals surface area contributed by atoms with Crippen molar-refractivity contribution in [3.05, 3.63) is 33.8 Å². The first-order valence-corrected chi connectivity index (χ1v) is 6.86. The van der Waals surface area contributed by atoms with Gasteiger partial charge in [-0.3, -0.25) is 9.59 Å². The summed E-state index contributed by atoms with van der Waals surface area (Å²) in [6, 6.07) is 2.02. The monoisotopic (exact) mass is 347 g/mol. The zero-order valence-electron chi connectivity index (χ0n) is 10.4. The molecule has 0 aliphatic carbocycles. The highest BCUT2D eigenvalue weighted by atomic mass is 79.9. The molecular weight excluding hydrogens is 336 g/mol. The lowest BCUT2D eigenvalue weighted by Gasteiger charge is -2.30. The van der Waals surface area contributed by atoms with Crippen LogP contribution < -0.4 is 0 Å². The number of carbonyl (C=O) groups excluding carboxylic acids is 1. The first kappa shape index (κ1) is 14.9. The van der Waals surface area contributed by atoms with Gasteiger partial charge in [0.25, 0.3) is 5.91 Å². The number of nitrogens with zero attached hydrogens (tertiary/aromatic N) is 1. The number of likely N-dealkylation sites (tertiary alicyclic amines) is 1. The third-order valence-electron chi connectivity index (χ3n) is 3.28. The highest BCUT2D eigenvalue weighted by Crippen LogP contribution is 2.24. The number of hydrogen-bond acceptors (Lipinski definition) is 2. The molecule has 0 bridgehead atoms. The quantitative estimate of drug-likeness (QED) is 0.894. The summed E-state index contributed by atoms with van der Waals surface area (Å²) in [5.41, 5.74) is -0.640. The summed E-state index contributed by atoms with van der Waals surface area (Å²) >= 11 is 2.94. The van der Waals surface area contributed by atoms with Crippen LogP contribution in [0.15, 0.2) is 16.6 Å². The van der Waals surface area contributed by atoms with Gasteiger partial charge in [-0.25, -0.2) is 8.78 Å². The minimum Gasteiger partial charge on any atom is -0.481 e. The number of carboxylic acids is 1. The summed E-state index contributed by atoms with van der Waals surface area (Å²) in [6.45, 7) is 0.278. The van der Waals surface area contributed by atoms with Gasteiger partial charge in [-0.1, -0.05) is 15.9 Å². The number of amides is 1. The second-order valence-electron chi connectivity index (χ2n) is 4.67. The average molecular weight is 348 g/mol. The molecule has 1 aliphatic rings. The number of benzene rings is 1. The van der Waals surface area contributed by atoms with Crippen molar-refractivity contribution in [3.8, 4) is 0 Å². The highest BCUT2D eigenvalue weighted by molar-refractivity contribution is 9.10. The molecule has 2 rings (SSSR count). The summed E-state index contributed by atoms with van der Waals surface area (Å²) in [5, 5.41) is 8.96. The molecule has 1 heterocycles. The molecule has 0 spiro atoms. The van der Waals surface area contributed by atoms with Gasteiger partial charge < -0.3 is 10.0 Å². The molecule has 1 N–H and O–H groups in total. The minimum atomic E-state index is -1.00. The zero-order chi connectivity index (χ0) is 14.9. The van der Waals surface area contributed by atoms with E-state index in [9.17, 15) is 18.4 Å². The predicted molar refractivity (Wildman–Crippen MR) is 70.3 cm³/mol. The van der Waals surface area contributed by atoms with Crippen molar-refractivity contribution in [2.45, 2.75) is 12.8 Å². The maximum Gasteiger partial charge on any atom is 0.308 e. The van der Waals surface area contributed by atoms with Crippen LogP contribution in [-0.4, -0.2) is 35.0 Å². The van der Waals surface area contributed by atoms with Crippen LogP contribution in [0.4, 0.5) is 8.78 Å². The second-order valence-corrected chi connectivity index (χ2v) is 5.59. The van der Waals surface area contributed by atoms with E-state index in [1.54, 1.807) is 0 Å². The molecule has 1 saturated heterocycles. The van der Waals surface area contributed by atoms with Crippen molar-refractivity contribution in [3.63, 3.8) is 0 Å². The number of carboxylic acid groups (broad SMARTS) is 1. The maximum absolute atomic E-state index is 13.7. The van der Waals surface area contributed by atoms with Crippen molar-refractivity contribution >= 4 is 27.8 Å². The van der Waals surface area contributed by atoms with Crippen LogP contribution in [0.2, 0.25) is 0 Å². The fourth-order valence-corrected chi connectivity index (χ4v) is 2.67. The lowest BCUT2D eigenvalue weighted by atomic mass is 9.97. The van der Waals surface area contributed by atoms with Crippen LogP contribution in [0.1, 0.15) is 23.2 Å². The Morgan fingerprint density at radius 2 is 1.90 bits per heavy atom. The number of aliphatic carboxylic acids is 1. The van der Waals surface area contributed by atoms with E-state index >= 15 is 0 Å². The first-order chi connectivity index (χ1) is 9.40. The molecule has 1 fully saturated rings. The topological polar surface area (TPSA) is 57.6 Å². The molecular formula is C13H12BrF2NO3. The van der Waals surface area contributed by atoms with Crippen LogP contribution in [0.3, 0.4) is 0 Å². The van der Waals surface area contributed by atoms with Crippen molar-refractivity contribution < 1.29 is 23.5 Å². The van der Waals surface area contributed by atoms with E-state index < -0.39 is 35.0 Å². The van der Waals surface area contributed by atoms with Gasteiger partial charge >= 0.3 is 5.97 Å². The van der Waals surface area contributed by atoms with Crippen LogP contribution >= 0.6 is 15.9 Å². The predicted octanol–water partition coefficient (Wildman–Crippen LogP) is 2.66. The molecule has 20 heavy (non-hydrogen) atoms. The van der Waals surface area contributed by atoms with Crippen LogP contribution in [0, 0.1) is 17.6 Å². The third kappa shape index (κ3) is 2.98. The van der Waals surface area contributed by atoms with E-state index in [2.05, 4.69) is 15.9 Å². The van der Waals surface area contributed by atoms with Crippen LogP contribution in [0.25, 0.3) is 0 Å². The minimum absolute atomic E-state index is 0.0247. The summed E-state index contributed by atoms with van der Waals surface area (Å²) in [4.78, 5) is 24.3. The Labute approximate surface area is 122 Å². The Morgan fingerprint density at radius 1 is 1.30 bits per heavy atom. The van der Waals surface area contributed by atoms with Gasteiger partial charge in [0.05, 0.1) is 5.92 Å². The molecule has 0 saturated carbocycles. The average Bonchev–Trinajstić information content (AvgIpc) is 2.37. The molecule has 0 aromatic heterocycles. The van der Waals surface area contributed by atoms with E-state index in [4.69, 9.17) is 5.11 Å². The molecule has 0 radical (unpaired) electrons. The van der Waals surface area contributed by atoms with Gasteiger partial charge in [0.1, 0.15) is 17.2 Å². The number of hydrogen-bond donors (Lipinski definition) is 1. The molecule has 0 unspecified atom stereocenters. The van der Waals surface area contributed by atoms with E-state index in [1.807, 2.05) is 0 Å². The fraction of sp³-hybridized carbons (Fsp3) is 0.385. The molecule has 1 amide bonds. The Balaban J connectivity index is 2.25. The second kappa shape index (κ2) is 5.87. The number of halogens is 3. The highest BCUT2D eigenvalue weighted by Gasteiger charge is 2.31. The molecule has 1 aromatic rings. The Hall–Kier alpha value is -1.50. The first-order valence-electron chi connectivity index (χ1n) is 6.06. The van der Waals surface area contributed by atoms with E-state index in [0.717, 1.165) is 12.1 Å². The van der Waals surface area contributed by atoms with Crippen molar-refractivity contribution in [2.24, 2.45) is 5.92 Å². The smallest absolute Gasteiger partial charge is 0.308 e. The zero-order valence-corrected chi connectivity index (χ0v) is 12.0. The van der Waals surface area contributed by atoms with Gasteiger partial charge in [-0.05, 0) is 25.0 Å². The molecule has 1 aliphatic heterocycles. The SMILES string of the molecule is O=C(O)[C@@H]1CCCN(C(=O)c2c(F)cc(Br)cc2F)C1. The molecule has 7 heteroatoms. The molecule has 108 valence electrons. The van der Waals surface area contributed by atoms with Crippen molar-refractivity contribution in [1.82, 2.24) is 4.90 Å². The number of piperidine rings is 1. The maximum atomic E-state index is 13.7. The summed E-state index contributed by atoms with van der Waals surface area (Å²) < 4.78 is 27.7. The van der Waals surface area contributed by atoms with Gasteiger partial charge in [0.2, 0.25) is 0 Å². The molecule has 4 nitrogen and oxygen atoms in total. The number of carbonyl (C=O) groups is 2. The summed E-state index contributed by atoms with van der Waals surface area (Å²) in [6.07, 6.45) is 0.965. The third-order valence-corrected chi connectivity index (χ3v) is 3.74. The normalized spacial score (nSPS) is 18.9. The lowest BCUT2D eigenvalue weighted by Crippen LogP contribution is -2.42. The van der Waals surface area contributed by atoms with Crippen molar-refractivity contribution in [1.29, 1.82) is 0 Å². The van der Waals surface area contributed by atoms with Crippen molar-refractivity contribution in [2.75, 3.05) is 13.1 Å². The van der Waals surface area contributed by atoms with Gasteiger partial charge in [-0.2, -0.15) is 0 Å². The van der Waals surface area contributed by atoms with Gasteiger partial charge in [0.15, 0.2) is 0 Å². The largest absolute Gasteiger partial charge is 0.481 e. The Bertz CT molecular complexity index is 542. The standard InChI is InChI=1S/C13H12BrF2NO3/c14-8-4-9(15)11(10(16)5-8)12(18)17-3-1-2-7(6-17)13(19)20/h4-5,7H,1-3,6H2,(H,19,20)/t7-/m1/s1. The van der Waals surface area contributed by atoms with E-state index in [1.165, 1.54) is 4.90 Å². The molecule has 1 atom stereocenters. The van der Waals surface area contributed by atoms with Crippen LogP contribution in [0.5, 0.6) is 0 Å². The van der Waals surface area contributed by atoms with E-state index in [-0.39, 0.29) is 11.0 Å². The van der Waals surface area contributed by atoms with Gasteiger partial charge in [0, 0.05) is 17.6 Å². The fourth-order valence-electron chi connectivity index (χ4n) is 2.27. The molecule has 1 aromatic carbocycles. The van der Waals surface area contributed by atoms with E-state index in [0.29, 0.717) is 19.4 Å². The summed E-state index contributed by atoms with van der Waals surface area (Å²) in [7, 11) is 0.